The van der Waals surface area contributed by atoms with Gasteiger partial charge in [-0.1, -0.05) is 122 Å². The number of aliphatic hydroxyl groups is 2. The third-order valence-corrected chi connectivity index (χ3v) is 6.02. The summed E-state index contributed by atoms with van der Waals surface area (Å²) in [5.74, 6) is -0.0908. The number of allylic oxidation sites excluding steroid dienone is 1. The molecule has 0 aliphatic carbocycles. The van der Waals surface area contributed by atoms with Gasteiger partial charge < -0.3 is 15.5 Å². The average Bonchev–Trinajstić information content (AvgIpc) is 2.77. The Hall–Kier alpha value is -0.870. The molecule has 0 fully saturated rings. The molecule has 0 aromatic heterocycles. The van der Waals surface area contributed by atoms with Crippen LogP contribution in [0.3, 0.4) is 0 Å². The Balaban J connectivity index is 3.56. The van der Waals surface area contributed by atoms with Crippen molar-refractivity contribution in [3.8, 4) is 0 Å². The van der Waals surface area contributed by atoms with Crippen molar-refractivity contribution >= 4 is 5.91 Å². The molecule has 31 heavy (non-hydrogen) atoms. The van der Waals surface area contributed by atoms with E-state index in [4.69, 9.17) is 0 Å². The van der Waals surface area contributed by atoms with Gasteiger partial charge in [-0.05, 0) is 19.3 Å². The first-order valence-corrected chi connectivity index (χ1v) is 13.4. The van der Waals surface area contributed by atoms with Gasteiger partial charge >= 0.3 is 0 Å². The Bertz CT molecular complexity index is 411. The highest BCUT2D eigenvalue weighted by Gasteiger charge is 2.17. The summed E-state index contributed by atoms with van der Waals surface area (Å²) in [7, 11) is 0. The molecule has 0 saturated carbocycles. The Morgan fingerprint density at radius 1 is 0.742 bits per heavy atom. The molecule has 1 amide bonds. The molecule has 3 N–H and O–H groups in total. The van der Waals surface area contributed by atoms with Gasteiger partial charge in [0.1, 0.15) is 0 Å². The topological polar surface area (TPSA) is 69.6 Å². The lowest BCUT2D eigenvalue weighted by molar-refractivity contribution is -0.123. The molecule has 0 aliphatic rings. The molecule has 0 rings (SSSR count). The fourth-order valence-corrected chi connectivity index (χ4v) is 3.88. The molecule has 2 unspecified atom stereocenters. The van der Waals surface area contributed by atoms with Gasteiger partial charge in [-0.2, -0.15) is 0 Å². The molecule has 0 bridgehead atoms. The van der Waals surface area contributed by atoms with Crippen LogP contribution < -0.4 is 5.32 Å². The van der Waals surface area contributed by atoms with E-state index in [9.17, 15) is 15.0 Å². The van der Waals surface area contributed by atoms with E-state index >= 15 is 0 Å². The number of hydrogen-bond donors (Lipinski definition) is 3. The molecule has 4 heteroatoms. The van der Waals surface area contributed by atoms with Crippen LogP contribution in [0.2, 0.25) is 0 Å². The van der Waals surface area contributed by atoms with Crippen LogP contribution in [-0.4, -0.2) is 34.9 Å². The van der Waals surface area contributed by atoms with E-state index in [1.807, 2.05) is 6.08 Å². The van der Waals surface area contributed by atoms with E-state index in [1.165, 1.54) is 83.5 Å². The van der Waals surface area contributed by atoms with E-state index in [2.05, 4.69) is 19.2 Å². The second-order valence-electron chi connectivity index (χ2n) is 9.12. The second kappa shape index (κ2) is 23.8. The SMILES string of the molecule is CCCCCCCCCCCCCCCC/C=C/C(O)C(CO)NC(=O)CCCCC. The number of carbonyl (C=O) groups excluding carboxylic acids is 1. The van der Waals surface area contributed by atoms with Crippen molar-refractivity contribution in [1.82, 2.24) is 5.32 Å². The van der Waals surface area contributed by atoms with E-state index in [1.54, 1.807) is 6.08 Å². The lowest BCUT2D eigenvalue weighted by Crippen LogP contribution is -2.45. The van der Waals surface area contributed by atoms with Gasteiger partial charge in [-0.15, -0.1) is 0 Å². The first-order chi connectivity index (χ1) is 15.2. The molecule has 0 aromatic carbocycles. The van der Waals surface area contributed by atoms with E-state index in [-0.39, 0.29) is 12.5 Å². The highest BCUT2D eigenvalue weighted by atomic mass is 16.3. The van der Waals surface area contributed by atoms with Crippen LogP contribution in [0.25, 0.3) is 0 Å². The standard InChI is InChI=1S/C27H53NO3/c1-3-5-7-8-9-10-11-12-13-14-15-16-17-18-19-21-22-26(30)25(24-29)28-27(31)23-20-6-4-2/h21-22,25-26,29-30H,3-20,23-24H2,1-2H3,(H,28,31)/b22-21+. The summed E-state index contributed by atoms with van der Waals surface area (Å²) in [5.41, 5.74) is 0. The van der Waals surface area contributed by atoms with Gasteiger partial charge in [0.15, 0.2) is 0 Å². The Morgan fingerprint density at radius 3 is 1.68 bits per heavy atom. The predicted octanol–water partition coefficient (Wildman–Crippen LogP) is 6.83. The predicted molar refractivity (Wildman–Crippen MR) is 133 cm³/mol. The Morgan fingerprint density at radius 2 is 1.19 bits per heavy atom. The van der Waals surface area contributed by atoms with Gasteiger partial charge in [0, 0.05) is 6.42 Å². The third kappa shape index (κ3) is 20.8. The molecule has 0 heterocycles. The van der Waals surface area contributed by atoms with Gasteiger partial charge in [-0.3, -0.25) is 4.79 Å². The van der Waals surface area contributed by atoms with Crippen molar-refractivity contribution in [3.05, 3.63) is 12.2 Å². The van der Waals surface area contributed by atoms with Crippen molar-refractivity contribution in [1.29, 1.82) is 0 Å². The van der Waals surface area contributed by atoms with Gasteiger partial charge in [-0.25, -0.2) is 0 Å². The number of hydrogen-bond acceptors (Lipinski definition) is 3. The Labute approximate surface area is 193 Å². The fourth-order valence-electron chi connectivity index (χ4n) is 3.88. The van der Waals surface area contributed by atoms with Gasteiger partial charge in [0.2, 0.25) is 5.91 Å². The van der Waals surface area contributed by atoms with Crippen LogP contribution in [0, 0.1) is 0 Å². The maximum Gasteiger partial charge on any atom is 0.220 e. The minimum atomic E-state index is -0.827. The zero-order chi connectivity index (χ0) is 23.0. The van der Waals surface area contributed by atoms with Crippen LogP contribution in [-0.2, 0) is 4.79 Å². The number of rotatable bonds is 23. The van der Waals surface area contributed by atoms with Crippen LogP contribution in [0.4, 0.5) is 0 Å². The first kappa shape index (κ1) is 30.1. The molecule has 184 valence electrons. The molecule has 0 aromatic rings. The number of aliphatic hydroxyl groups excluding tert-OH is 2. The maximum absolute atomic E-state index is 11.9. The second-order valence-corrected chi connectivity index (χ2v) is 9.12. The minimum Gasteiger partial charge on any atom is -0.394 e. The zero-order valence-electron chi connectivity index (χ0n) is 20.8. The number of unbranched alkanes of at least 4 members (excludes halogenated alkanes) is 16. The van der Waals surface area contributed by atoms with E-state index in [0.29, 0.717) is 6.42 Å². The van der Waals surface area contributed by atoms with Crippen molar-refractivity contribution in [3.63, 3.8) is 0 Å². The molecular formula is C27H53NO3. The molecule has 0 aliphatic heterocycles. The first-order valence-electron chi connectivity index (χ1n) is 13.4. The molecule has 2 atom stereocenters. The molecule has 4 nitrogen and oxygen atoms in total. The van der Waals surface area contributed by atoms with Crippen LogP contribution >= 0.6 is 0 Å². The summed E-state index contributed by atoms with van der Waals surface area (Å²) in [6.45, 7) is 4.12. The van der Waals surface area contributed by atoms with Crippen molar-refractivity contribution in [2.45, 2.75) is 148 Å². The van der Waals surface area contributed by atoms with E-state index in [0.717, 1.165) is 32.1 Å². The van der Waals surface area contributed by atoms with Crippen molar-refractivity contribution in [2.24, 2.45) is 0 Å². The summed E-state index contributed by atoms with van der Waals surface area (Å²) in [5, 5.41) is 22.4. The molecule has 0 radical (unpaired) electrons. The number of nitrogens with one attached hydrogen (secondary N) is 1. The lowest BCUT2D eigenvalue weighted by Gasteiger charge is -2.19. The van der Waals surface area contributed by atoms with Crippen molar-refractivity contribution in [2.75, 3.05) is 6.61 Å². The maximum atomic E-state index is 11.9. The molecular weight excluding hydrogens is 386 g/mol. The van der Waals surface area contributed by atoms with Gasteiger partial charge in [0.05, 0.1) is 18.8 Å². The summed E-state index contributed by atoms with van der Waals surface area (Å²) < 4.78 is 0. The summed E-state index contributed by atoms with van der Waals surface area (Å²) >= 11 is 0. The quantitative estimate of drug-likeness (QED) is 0.121. The summed E-state index contributed by atoms with van der Waals surface area (Å²) in [4.78, 5) is 11.9. The number of carbonyl (C=O) groups is 1. The average molecular weight is 440 g/mol. The highest BCUT2D eigenvalue weighted by molar-refractivity contribution is 5.76. The monoisotopic (exact) mass is 439 g/mol. The minimum absolute atomic E-state index is 0.0908. The third-order valence-electron chi connectivity index (χ3n) is 6.02. The Kier molecular flexibility index (Phi) is 23.1. The lowest BCUT2D eigenvalue weighted by atomic mass is 10.0. The molecule has 0 spiro atoms. The molecule has 0 saturated heterocycles. The van der Waals surface area contributed by atoms with Crippen molar-refractivity contribution < 1.29 is 15.0 Å². The van der Waals surface area contributed by atoms with Gasteiger partial charge in [0.25, 0.3) is 0 Å². The van der Waals surface area contributed by atoms with Crippen LogP contribution in [0.1, 0.15) is 136 Å². The highest BCUT2D eigenvalue weighted by Crippen LogP contribution is 2.13. The summed E-state index contributed by atoms with van der Waals surface area (Å²) in [6, 6.07) is -0.610. The van der Waals surface area contributed by atoms with Crippen LogP contribution in [0.5, 0.6) is 0 Å². The normalized spacial score (nSPS) is 13.5. The number of amides is 1. The zero-order valence-corrected chi connectivity index (χ0v) is 20.8. The smallest absolute Gasteiger partial charge is 0.220 e. The van der Waals surface area contributed by atoms with Crippen LogP contribution in [0.15, 0.2) is 12.2 Å². The largest absolute Gasteiger partial charge is 0.394 e. The summed E-state index contributed by atoms with van der Waals surface area (Å²) in [6.07, 6.45) is 26.2. The van der Waals surface area contributed by atoms with E-state index < -0.39 is 12.1 Å². The fraction of sp³-hybridized carbons (Fsp3) is 0.889.